The Morgan fingerprint density at radius 2 is 1.83 bits per heavy atom. The van der Waals surface area contributed by atoms with Crippen LogP contribution in [0.15, 0.2) is 30.5 Å². The number of amides is 1. The molecule has 47 heavy (non-hydrogen) atoms. The van der Waals surface area contributed by atoms with E-state index in [1.165, 1.54) is 6.07 Å². The number of aliphatic carboxylic acids is 1. The van der Waals surface area contributed by atoms with Crippen LogP contribution in [0.1, 0.15) is 62.6 Å². The van der Waals surface area contributed by atoms with E-state index in [1.54, 1.807) is 20.0 Å². The van der Waals surface area contributed by atoms with Crippen molar-refractivity contribution in [1.29, 1.82) is 0 Å². The minimum Gasteiger partial charge on any atom is -0.490 e. The zero-order chi connectivity index (χ0) is 33.8. The largest absolute Gasteiger partial charge is 0.490 e. The van der Waals surface area contributed by atoms with Crippen LogP contribution in [0.5, 0.6) is 5.75 Å². The van der Waals surface area contributed by atoms with Gasteiger partial charge in [0.1, 0.15) is 11.5 Å². The van der Waals surface area contributed by atoms with Crippen LogP contribution < -0.4 is 9.64 Å². The molecule has 0 bridgehead atoms. The second-order valence-corrected chi connectivity index (χ2v) is 13.4. The standard InChI is InChI=1S/C36H42FN5O5/c1-20-24-9-8-16-46-32(24)27(37)18-25(20)31-26-19-28(23-10-11-38-29(17-23)42-14-12-41(13-15-42)22(3)43)40(7)34(26)39-21(2)30(31)33(35(44)45)47-36(4,5)6/h10-11,17-19,33H,8-9,12-16H2,1-7H3,(H,44,45). The predicted octanol–water partition coefficient (Wildman–Crippen LogP) is 5.99. The maximum Gasteiger partial charge on any atom is 0.337 e. The van der Waals surface area contributed by atoms with Crippen LogP contribution in [-0.4, -0.2) is 74.8 Å². The second-order valence-electron chi connectivity index (χ2n) is 13.4. The molecule has 0 spiro atoms. The van der Waals surface area contributed by atoms with Gasteiger partial charge in [0, 0.05) is 79.7 Å². The molecular formula is C36H42FN5O5. The lowest BCUT2D eigenvalue weighted by molar-refractivity contribution is -0.160. The summed E-state index contributed by atoms with van der Waals surface area (Å²) in [5.74, 6) is -0.483. The molecule has 1 unspecified atom stereocenters. The number of carbonyl (C=O) groups is 2. The van der Waals surface area contributed by atoms with Crippen LogP contribution in [0.4, 0.5) is 10.2 Å². The van der Waals surface area contributed by atoms with Gasteiger partial charge in [0.25, 0.3) is 0 Å². The van der Waals surface area contributed by atoms with E-state index >= 15 is 4.39 Å². The lowest BCUT2D eigenvalue weighted by atomic mass is 9.86. The Morgan fingerprint density at radius 3 is 2.49 bits per heavy atom. The fraction of sp³-hybridized carbons (Fsp3) is 0.444. The minimum atomic E-state index is -1.35. The molecule has 248 valence electrons. The summed E-state index contributed by atoms with van der Waals surface area (Å²) in [6.45, 7) is 13.8. The molecule has 0 radical (unpaired) electrons. The van der Waals surface area contributed by atoms with Gasteiger partial charge in [-0.1, -0.05) is 0 Å². The monoisotopic (exact) mass is 643 g/mol. The van der Waals surface area contributed by atoms with Crippen LogP contribution >= 0.6 is 0 Å². The van der Waals surface area contributed by atoms with Crippen LogP contribution in [0.2, 0.25) is 0 Å². The number of carboxylic acid groups (broad SMARTS) is 1. The Bertz CT molecular complexity index is 1890. The molecule has 5 heterocycles. The van der Waals surface area contributed by atoms with E-state index in [2.05, 4.69) is 9.88 Å². The molecule has 1 N–H and O–H groups in total. The van der Waals surface area contributed by atoms with Crippen molar-refractivity contribution in [2.75, 3.05) is 37.7 Å². The average Bonchev–Trinajstić information content (AvgIpc) is 3.36. The lowest BCUT2D eigenvalue weighted by Crippen LogP contribution is -2.48. The Balaban J connectivity index is 1.57. The van der Waals surface area contributed by atoms with Gasteiger partial charge in [-0.3, -0.25) is 4.79 Å². The Hall–Kier alpha value is -4.51. The number of hydrogen-bond donors (Lipinski definition) is 1. The van der Waals surface area contributed by atoms with Crippen LogP contribution in [-0.2, 0) is 27.8 Å². The third-order valence-electron chi connectivity index (χ3n) is 9.16. The zero-order valence-corrected chi connectivity index (χ0v) is 28.1. The number of carbonyl (C=O) groups excluding carboxylic acids is 1. The fourth-order valence-electron chi connectivity index (χ4n) is 6.85. The Morgan fingerprint density at radius 1 is 1.11 bits per heavy atom. The van der Waals surface area contributed by atoms with Crippen molar-refractivity contribution < 1.29 is 28.6 Å². The van der Waals surface area contributed by atoms with Crippen molar-refractivity contribution in [3.8, 4) is 28.1 Å². The molecule has 4 aromatic rings. The van der Waals surface area contributed by atoms with E-state index in [-0.39, 0.29) is 11.7 Å². The van der Waals surface area contributed by atoms with Crippen LogP contribution in [0.3, 0.4) is 0 Å². The minimum absolute atomic E-state index is 0.0689. The van der Waals surface area contributed by atoms with Gasteiger partial charge < -0.3 is 28.9 Å². The number of anilines is 1. The SMILES string of the molecule is CC(=O)N1CCN(c2cc(-c3cc4c(-c5cc(F)c6c(c5C)CCCO6)c(C(OC(C)(C)C)C(=O)O)c(C)nc4n3C)ccn2)CC1. The molecule has 3 aromatic heterocycles. The first-order chi connectivity index (χ1) is 22.2. The lowest BCUT2D eigenvalue weighted by Gasteiger charge is -2.35. The number of hydrogen-bond acceptors (Lipinski definition) is 7. The highest BCUT2D eigenvalue weighted by molar-refractivity contribution is 6.01. The number of fused-ring (bicyclic) bond motifs is 2. The molecule has 1 fully saturated rings. The van der Waals surface area contributed by atoms with Crippen LogP contribution in [0.25, 0.3) is 33.4 Å². The van der Waals surface area contributed by atoms with E-state index in [9.17, 15) is 14.7 Å². The molecule has 0 saturated carbocycles. The molecule has 2 aliphatic heterocycles. The van der Waals surface area contributed by atoms with Gasteiger partial charge in [0.2, 0.25) is 5.91 Å². The van der Waals surface area contributed by atoms with Gasteiger partial charge in [-0.25, -0.2) is 19.2 Å². The smallest absolute Gasteiger partial charge is 0.337 e. The first kappa shape index (κ1) is 32.4. The molecular weight excluding hydrogens is 601 g/mol. The molecule has 1 amide bonds. The number of carboxylic acids is 1. The fourth-order valence-corrected chi connectivity index (χ4v) is 6.85. The maximum absolute atomic E-state index is 15.8. The summed E-state index contributed by atoms with van der Waals surface area (Å²) in [6.07, 6.45) is 1.85. The topological polar surface area (TPSA) is 110 Å². The van der Waals surface area contributed by atoms with Crippen molar-refractivity contribution in [2.24, 2.45) is 7.05 Å². The van der Waals surface area contributed by atoms with Crippen molar-refractivity contribution >= 4 is 28.7 Å². The van der Waals surface area contributed by atoms with Crippen molar-refractivity contribution in [3.05, 3.63) is 58.7 Å². The molecule has 1 atom stereocenters. The highest BCUT2D eigenvalue weighted by Gasteiger charge is 2.34. The summed E-state index contributed by atoms with van der Waals surface area (Å²) >= 11 is 0. The summed E-state index contributed by atoms with van der Waals surface area (Å²) in [5, 5.41) is 11.2. The van der Waals surface area contributed by atoms with Crippen LogP contribution in [0, 0.1) is 19.7 Å². The number of ether oxygens (including phenoxy) is 2. The van der Waals surface area contributed by atoms with Crippen molar-refractivity contribution in [3.63, 3.8) is 0 Å². The number of nitrogens with zero attached hydrogens (tertiary/aromatic N) is 5. The predicted molar refractivity (Wildman–Crippen MR) is 178 cm³/mol. The first-order valence-corrected chi connectivity index (χ1v) is 16.1. The van der Waals surface area contributed by atoms with E-state index in [1.807, 2.05) is 62.4 Å². The molecule has 1 aromatic carbocycles. The zero-order valence-electron chi connectivity index (χ0n) is 28.1. The summed E-state index contributed by atoms with van der Waals surface area (Å²) in [5.41, 5.74) is 5.31. The van der Waals surface area contributed by atoms with E-state index in [4.69, 9.17) is 14.5 Å². The van der Waals surface area contributed by atoms with E-state index < -0.39 is 23.5 Å². The summed E-state index contributed by atoms with van der Waals surface area (Å²) in [6, 6.07) is 7.41. The second kappa shape index (κ2) is 12.3. The third-order valence-corrected chi connectivity index (χ3v) is 9.16. The van der Waals surface area contributed by atoms with Gasteiger partial charge in [0.05, 0.1) is 17.9 Å². The Kier molecular flexibility index (Phi) is 8.46. The summed E-state index contributed by atoms with van der Waals surface area (Å²) in [7, 11) is 1.92. The molecule has 11 heteroatoms. The first-order valence-electron chi connectivity index (χ1n) is 16.1. The quantitative estimate of drug-likeness (QED) is 0.273. The third kappa shape index (κ3) is 6.04. The number of aryl methyl sites for hydroxylation is 2. The maximum atomic E-state index is 15.8. The van der Waals surface area contributed by atoms with E-state index in [0.29, 0.717) is 72.6 Å². The highest BCUT2D eigenvalue weighted by Crippen LogP contribution is 2.45. The molecule has 10 nitrogen and oxygen atoms in total. The van der Waals surface area contributed by atoms with Gasteiger partial charge in [-0.15, -0.1) is 0 Å². The molecule has 6 rings (SSSR count). The van der Waals surface area contributed by atoms with Crippen molar-refractivity contribution in [1.82, 2.24) is 19.4 Å². The summed E-state index contributed by atoms with van der Waals surface area (Å²) in [4.78, 5) is 38.3. The number of pyridine rings is 2. The number of rotatable bonds is 6. The molecule has 2 aliphatic rings. The number of benzene rings is 1. The number of aromatic nitrogens is 3. The van der Waals surface area contributed by atoms with Gasteiger partial charge in [-0.05, 0) is 82.9 Å². The summed E-state index contributed by atoms with van der Waals surface area (Å²) < 4.78 is 29.7. The van der Waals surface area contributed by atoms with Gasteiger partial charge in [0.15, 0.2) is 17.7 Å². The van der Waals surface area contributed by atoms with Crippen molar-refractivity contribution in [2.45, 2.75) is 66.1 Å². The van der Waals surface area contributed by atoms with Gasteiger partial charge >= 0.3 is 5.97 Å². The number of halogens is 1. The Labute approximate surface area is 274 Å². The number of piperazine rings is 1. The molecule has 1 saturated heterocycles. The molecule has 0 aliphatic carbocycles. The average molecular weight is 644 g/mol. The normalized spacial score (nSPS) is 15.8. The highest BCUT2D eigenvalue weighted by atomic mass is 19.1. The van der Waals surface area contributed by atoms with E-state index in [0.717, 1.165) is 34.6 Å². The van der Waals surface area contributed by atoms with Gasteiger partial charge in [-0.2, -0.15) is 0 Å².